The molecule has 1 N–H and O–H groups in total. The molecule has 2 aliphatic heterocycles. The number of rotatable bonds is 16. The Hall–Kier alpha value is -6.28. The van der Waals surface area contributed by atoms with E-state index in [9.17, 15) is 28.0 Å². The highest BCUT2D eigenvalue weighted by molar-refractivity contribution is 7.42. The summed E-state index contributed by atoms with van der Waals surface area (Å²) < 4.78 is 58.9. The van der Waals surface area contributed by atoms with Crippen molar-refractivity contribution in [1.82, 2.24) is 14.8 Å². The highest BCUT2D eigenvalue weighted by atomic mass is 31.2. The number of nitrogens with one attached hydrogen (secondary N) is 1. The molecule has 2 bridgehead atoms. The Morgan fingerprint density at radius 1 is 0.819 bits per heavy atom. The van der Waals surface area contributed by atoms with Crippen molar-refractivity contribution in [3.8, 4) is 11.5 Å². The number of carbonyl (C=O) groups is 3. The molecule has 1 aliphatic carbocycles. The van der Waals surface area contributed by atoms with Crippen molar-refractivity contribution in [3.05, 3.63) is 165 Å². The largest absolute Gasteiger partial charge is 0.451 e. The quantitative estimate of drug-likeness (QED) is 0.0441. The maximum atomic E-state index is 14.4. The molecule has 5 aromatic rings. The SMILES string of the molecule is CC.CC1CC1.CC1CCC(C)C2(C)CN1C(=O)c1c(OCOC(=O)Cc3ccc(OP(OCc4ccccc4)OCc4ccccc4)cc3)c(=O)c(C(=O)NCc3ccc(F)cc3F)cn12.CN=C(C)C. The van der Waals surface area contributed by atoms with Crippen LogP contribution in [0.1, 0.15) is 124 Å². The molecule has 2 fully saturated rings. The molecule has 1 saturated heterocycles. The molecule has 0 radical (unpaired) electrons. The van der Waals surface area contributed by atoms with E-state index in [1.54, 1.807) is 40.8 Å². The Morgan fingerprint density at radius 3 is 1.94 bits per heavy atom. The first-order chi connectivity index (χ1) is 34.6. The number of benzene rings is 4. The standard InChI is InChI=1S/C46H46F2N3O9P.C4H9N.C4H8.C2H6/c1-30-14-15-31(2)50-28-46(30,3)51-25-38(44(54)49-24-35-18-19-36(47)23-39(35)48)42(53)43(41(51)45(50)55)57-29-56-40(52)22-32-16-20-37(21-17-32)60-61(58-26-33-10-6-4-7-11-33)59-27-34-12-8-5-9-13-34;1-4(2)5-3;1-4-2-3-4;1-2/h4-13,16-21,23,25,30-31H,14-15,22,24,26-29H2,1-3H3,(H,49,54);1-3H3;4H,2-3H2,1H3;1-2H3. The average molecular weight is 1010 g/mol. The van der Waals surface area contributed by atoms with E-state index in [4.69, 9.17) is 23.0 Å². The second kappa shape index (κ2) is 27.5. The highest BCUT2D eigenvalue weighted by Crippen LogP contribution is 2.43. The molecule has 3 unspecified atom stereocenters. The summed E-state index contributed by atoms with van der Waals surface area (Å²) in [7, 11) is -0.0140. The van der Waals surface area contributed by atoms with E-state index in [-0.39, 0.29) is 55.0 Å². The highest BCUT2D eigenvalue weighted by Gasteiger charge is 2.48. The van der Waals surface area contributed by atoms with Crippen LogP contribution in [-0.2, 0) is 50.3 Å². The second-order valence-corrected chi connectivity index (χ2v) is 19.4. The second-order valence-electron chi connectivity index (χ2n) is 18.2. The van der Waals surface area contributed by atoms with Gasteiger partial charge in [-0.15, -0.1) is 0 Å². The van der Waals surface area contributed by atoms with Crippen LogP contribution in [0.2, 0.25) is 0 Å². The van der Waals surface area contributed by atoms with E-state index in [0.29, 0.717) is 23.9 Å². The molecule has 8 rings (SSSR count). The fraction of sp³-hybridized carbons (Fsp3) is 0.411. The molecule has 4 aromatic carbocycles. The lowest BCUT2D eigenvalue weighted by molar-refractivity contribution is -0.149. The van der Waals surface area contributed by atoms with Crippen LogP contribution in [0.25, 0.3) is 0 Å². The van der Waals surface area contributed by atoms with Gasteiger partial charge in [-0.05, 0) is 87.3 Å². The molecule has 3 atom stereocenters. The summed E-state index contributed by atoms with van der Waals surface area (Å²) >= 11 is 0. The summed E-state index contributed by atoms with van der Waals surface area (Å²) in [6.07, 6.45) is 5.65. The molecule has 72 heavy (non-hydrogen) atoms. The van der Waals surface area contributed by atoms with E-state index < -0.39 is 61.5 Å². The topological polar surface area (TPSA) is 147 Å². The third kappa shape index (κ3) is 16.1. The number of nitrogens with zero attached hydrogens (tertiary/aromatic N) is 3. The van der Waals surface area contributed by atoms with Gasteiger partial charge < -0.3 is 28.8 Å². The van der Waals surface area contributed by atoms with Crippen LogP contribution in [0, 0.1) is 23.5 Å². The van der Waals surface area contributed by atoms with Gasteiger partial charge in [0.15, 0.2) is 5.69 Å². The van der Waals surface area contributed by atoms with Gasteiger partial charge in [0, 0.05) is 49.7 Å². The molecule has 3 heterocycles. The van der Waals surface area contributed by atoms with Crippen molar-refractivity contribution in [2.45, 2.75) is 119 Å². The number of aliphatic imine (C=N–C) groups is 1. The number of carbonyl (C=O) groups excluding carboxylic acids is 3. The number of ether oxygens (including phenoxy) is 2. The summed E-state index contributed by atoms with van der Waals surface area (Å²) in [6.45, 7) is 16.0. The Labute approximate surface area is 423 Å². The van der Waals surface area contributed by atoms with Gasteiger partial charge in [-0.25, -0.2) is 8.78 Å². The minimum Gasteiger partial charge on any atom is -0.451 e. The third-order valence-electron chi connectivity index (χ3n) is 12.5. The van der Waals surface area contributed by atoms with E-state index in [0.717, 1.165) is 41.7 Å². The van der Waals surface area contributed by atoms with Crippen LogP contribution in [0.5, 0.6) is 11.5 Å². The fourth-order valence-electron chi connectivity index (χ4n) is 7.55. The number of amides is 2. The minimum absolute atomic E-state index is 0.00767. The number of hydrogen-bond acceptors (Lipinski definition) is 10. The zero-order valence-electron chi connectivity index (χ0n) is 42.9. The van der Waals surface area contributed by atoms with E-state index in [1.165, 1.54) is 25.1 Å². The lowest BCUT2D eigenvalue weighted by atomic mass is 9.82. The molecular weight excluding hydrogens is 942 g/mol. The molecule has 13 nitrogen and oxygen atoms in total. The predicted molar refractivity (Wildman–Crippen MR) is 277 cm³/mol. The van der Waals surface area contributed by atoms with E-state index >= 15 is 0 Å². The van der Waals surface area contributed by atoms with Crippen LogP contribution >= 0.6 is 8.60 Å². The lowest BCUT2D eigenvalue weighted by Gasteiger charge is -2.46. The zero-order valence-corrected chi connectivity index (χ0v) is 43.8. The smallest absolute Gasteiger partial charge is 0.397 e. The summed E-state index contributed by atoms with van der Waals surface area (Å²) in [4.78, 5) is 60.3. The maximum absolute atomic E-state index is 14.4. The predicted octanol–water partition coefficient (Wildman–Crippen LogP) is 11.7. The average Bonchev–Trinajstić information content (AvgIpc) is 4.19. The normalized spacial score (nSPS) is 17.5. The Balaban J connectivity index is 0.000000788. The molecule has 1 aromatic heterocycles. The summed E-state index contributed by atoms with van der Waals surface area (Å²) in [5.41, 5.74) is 1.57. The van der Waals surface area contributed by atoms with Gasteiger partial charge in [0.1, 0.15) is 22.9 Å². The first kappa shape index (κ1) is 56.6. The third-order valence-corrected chi connectivity index (χ3v) is 13.6. The molecule has 0 spiro atoms. The van der Waals surface area contributed by atoms with E-state index in [1.807, 2.05) is 109 Å². The van der Waals surface area contributed by atoms with Gasteiger partial charge >= 0.3 is 14.6 Å². The van der Waals surface area contributed by atoms with Gasteiger partial charge in [-0.2, -0.15) is 0 Å². The van der Waals surface area contributed by atoms with Gasteiger partial charge in [0.2, 0.25) is 18.0 Å². The molecule has 3 aliphatic rings. The number of esters is 1. The summed E-state index contributed by atoms with van der Waals surface area (Å²) in [6, 6.07) is 28.9. The molecule has 1 saturated carbocycles. The van der Waals surface area contributed by atoms with Crippen molar-refractivity contribution in [3.63, 3.8) is 0 Å². The van der Waals surface area contributed by atoms with Crippen molar-refractivity contribution < 1.29 is 46.2 Å². The Bertz CT molecular complexity index is 2600. The number of halogens is 2. The maximum Gasteiger partial charge on any atom is 0.397 e. The number of aromatic nitrogens is 1. The Morgan fingerprint density at radius 2 is 1.40 bits per heavy atom. The molecule has 16 heteroatoms. The number of pyridine rings is 1. The van der Waals surface area contributed by atoms with Crippen LogP contribution in [0.3, 0.4) is 0 Å². The molecular formula is C56H69F2N4O9P. The Kier molecular flexibility index (Phi) is 21.6. The number of fused-ring (bicyclic) bond motifs is 4. The van der Waals surface area contributed by atoms with Gasteiger partial charge in [-0.3, -0.25) is 33.2 Å². The van der Waals surface area contributed by atoms with Crippen LogP contribution in [0.4, 0.5) is 8.78 Å². The van der Waals surface area contributed by atoms with Gasteiger partial charge in [0.05, 0.1) is 25.2 Å². The first-order valence-electron chi connectivity index (χ1n) is 24.5. The molecule has 386 valence electrons. The van der Waals surface area contributed by atoms with Crippen molar-refractivity contribution in [1.29, 1.82) is 0 Å². The summed E-state index contributed by atoms with van der Waals surface area (Å²) in [5, 5.41) is 2.53. The van der Waals surface area contributed by atoms with Crippen molar-refractivity contribution in [2.24, 2.45) is 16.8 Å². The monoisotopic (exact) mass is 1010 g/mol. The van der Waals surface area contributed by atoms with Crippen molar-refractivity contribution in [2.75, 3.05) is 20.4 Å². The van der Waals surface area contributed by atoms with Gasteiger partial charge in [0.25, 0.3) is 11.8 Å². The van der Waals surface area contributed by atoms with Gasteiger partial charge in [-0.1, -0.05) is 119 Å². The molecule has 2 amide bonds. The van der Waals surface area contributed by atoms with Crippen LogP contribution in [-0.4, -0.2) is 59.4 Å². The van der Waals surface area contributed by atoms with Crippen LogP contribution < -0.4 is 20.0 Å². The number of hydrogen-bond donors (Lipinski definition) is 1. The zero-order chi connectivity index (χ0) is 52.4. The fourth-order valence-corrected chi connectivity index (χ4v) is 8.53. The van der Waals surface area contributed by atoms with E-state index in [2.05, 4.69) is 17.2 Å². The van der Waals surface area contributed by atoms with Crippen LogP contribution in [0.15, 0.2) is 119 Å². The first-order valence-corrected chi connectivity index (χ1v) is 25.6. The summed E-state index contributed by atoms with van der Waals surface area (Å²) in [5.74, 6) is -2.53. The lowest BCUT2D eigenvalue weighted by Crippen LogP contribution is -2.56. The van der Waals surface area contributed by atoms with Crippen molar-refractivity contribution >= 4 is 32.1 Å². The minimum atomic E-state index is -1.80.